The first-order chi connectivity index (χ1) is 7.06. The number of furan rings is 1. The van der Waals surface area contributed by atoms with E-state index in [2.05, 4.69) is 6.92 Å². The molecule has 0 bridgehead atoms. The second kappa shape index (κ2) is 5.01. The molecule has 0 saturated carbocycles. The fourth-order valence-corrected chi connectivity index (χ4v) is 1.36. The maximum atomic E-state index is 11.8. The van der Waals surface area contributed by atoms with Crippen LogP contribution in [-0.2, 0) is 0 Å². The topological polar surface area (TPSA) is 33.5 Å². The molecular formula is C12H19NO2. The van der Waals surface area contributed by atoms with Crippen molar-refractivity contribution in [1.82, 2.24) is 4.90 Å². The Labute approximate surface area is 91.1 Å². The van der Waals surface area contributed by atoms with Gasteiger partial charge in [0.05, 0.1) is 0 Å². The third kappa shape index (κ3) is 2.85. The maximum absolute atomic E-state index is 11.8. The Kier molecular flexibility index (Phi) is 3.95. The fraction of sp³-hybridized carbons (Fsp3) is 0.583. The Balaban J connectivity index is 2.67. The fourth-order valence-electron chi connectivity index (χ4n) is 1.36. The predicted molar refractivity (Wildman–Crippen MR) is 60.1 cm³/mol. The van der Waals surface area contributed by atoms with E-state index in [-0.39, 0.29) is 5.91 Å². The molecule has 1 aromatic heterocycles. The van der Waals surface area contributed by atoms with Crippen LogP contribution in [0.4, 0.5) is 0 Å². The molecule has 3 heteroatoms. The number of nitrogens with zero attached hydrogens (tertiary/aromatic N) is 1. The van der Waals surface area contributed by atoms with Crippen LogP contribution in [0, 0.1) is 13.8 Å². The Morgan fingerprint density at radius 2 is 2.13 bits per heavy atom. The summed E-state index contributed by atoms with van der Waals surface area (Å²) < 4.78 is 5.39. The van der Waals surface area contributed by atoms with E-state index in [1.807, 2.05) is 20.9 Å². The van der Waals surface area contributed by atoms with Crippen molar-refractivity contribution in [2.45, 2.75) is 33.6 Å². The highest BCUT2D eigenvalue weighted by molar-refractivity contribution is 5.91. The number of aryl methyl sites for hydroxylation is 2. The number of carbonyl (C=O) groups is 1. The summed E-state index contributed by atoms with van der Waals surface area (Å²) in [6.45, 7) is 6.72. The summed E-state index contributed by atoms with van der Waals surface area (Å²) >= 11 is 0. The first-order valence-corrected chi connectivity index (χ1v) is 5.38. The van der Waals surface area contributed by atoms with Gasteiger partial charge in [0.15, 0.2) is 5.76 Å². The summed E-state index contributed by atoms with van der Waals surface area (Å²) in [6, 6.07) is 1.81. The molecule has 0 aliphatic heterocycles. The highest BCUT2D eigenvalue weighted by Gasteiger charge is 2.16. The van der Waals surface area contributed by atoms with Crippen molar-refractivity contribution in [1.29, 1.82) is 0 Å². The van der Waals surface area contributed by atoms with Gasteiger partial charge in [-0.3, -0.25) is 4.79 Å². The number of carbonyl (C=O) groups excluding carboxylic acids is 1. The van der Waals surface area contributed by atoms with E-state index in [0.29, 0.717) is 5.76 Å². The molecule has 1 amide bonds. The van der Waals surface area contributed by atoms with Gasteiger partial charge in [-0.2, -0.15) is 0 Å². The molecule has 1 rings (SSSR count). The molecule has 0 N–H and O–H groups in total. The first-order valence-electron chi connectivity index (χ1n) is 5.38. The van der Waals surface area contributed by atoms with Gasteiger partial charge in [0.25, 0.3) is 5.91 Å². The standard InChI is InChI=1S/C12H19NO2/c1-5-6-7-13(4)12(14)11-8-9(2)10(3)15-11/h8H,5-7H2,1-4H3. The third-order valence-corrected chi connectivity index (χ3v) is 2.57. The van der Waals surface area contributed by atoms with Crippen LogP contribution in [0.25, 0.3) is 0 Å². The Morgan fingerprint density at radius 1 is 1.47 bits per heavy atom. The van der Waals surface area contributed by atoms with Crippen LogP contribution in [0.5, 0.6) is 0 Å². The molecular weight excluding hydrogens is 190 g/mol. The predicted octanol–water partition coefficient (Wildman–Crippen LogP) is 2.77. The molecule has 0 aliphatic rings. The molecule has 1 heterocycles. The smallest absolute Gasteiger partial charge is 0.289 e. The summed E-state index contributed by atoms with van der Waals surface area (Å²) in [6.07, 6.45) is 2.12. The number of unbranched alkanes of at least 4 members (excludes halogenated alkanes) is 1. The van der Waals surface area contributed by atoms with Crippen molar-refractivity contribution >= 4 is 5.91 Å². The van der Waals surface area contributed by atoms with Crippen molar-refractivity contribution in [3.8, 4) is 0 Å². The van der Waals surface area contributed by atoms with Gasteiger partial charge in [-0.1, -0.05) is 13.3 Å². The van der Waals surface area contributed by atoms with E-state index in [9.17, 15) is 4.79 Å². The molecule has 0 atom stereocenters. The lowest BCUT2D eigenvalue weighted by atomic mass is 10.2. The molecule has 0 radical (unpaired) electrons. The molecule has 0 aromatic carbocycles. The van der Waals surface area contributed by atoms with E-state index < -0.39 is 0 Å². The minimum atomic E-state index is -0.0281. The highest BCUT2D eigenvalue weighted by atomic mass is 16.4. The second-order valence-electron chi connectivity index (χ2n) is 3.93. The summed E-state index contributed by atoms with van der Waals surface area (Å²) in [5.74, 6) is 1.24. The van der Waals surface area contributed by atoms with Crippen LogP contribution < -0.4 is 0 Å². The first kappa shape index (κ1) is 11.8. The molecule has 3 nitrogen and oxygen atoms in total. The Morgan fingerprint density at radius 3 is 2.60 bits per heavy atom. The summed E-state index contributed by atoms with van der Waals surface area (Å²) in [5, 5.41) is 0. The van der Waals surface area contributed by atoms with Gasteiger partial charge in [-0.05, 0) is 31.9 Å². The lowest BCUT2D eigenvalue weighted by Gasteiger charge is -2.14. The minimum absolute atomic E-state index is 0.0281. The van der Waals surface area contributed by atoms with Crippen LogP contribution in [0.15, 0.2) is 10.5 Å². The molecule has 0 saturated heterocycles. The average molecular weight is 209 g/mol. The number of hydrogen-bond acceptors (Lipinski definition) is 2. The van der Waals surface area contributed by atoms with Crippen LogP contribution >= 0.6 is 0 Å². The lowest BCUT2D eigenvalue weighted by Crippen LogP contribution is -2.27. The molecule has 1 aromatic rings. The molecule has 0 fully saturated rings. The van der Waals surface area contributed by atoms with Gasteiger partial charge in [0.2, 0.25) is 0 Å². The van der Waals surface area contributed by atoms with Crippen molar-refractivity contribution in [3.05, 3.63) is 23.2 Å². The van der Waals surface area contributed by atoms with Crippen LogP contribution in [0.3, 0.4) is 0 Å². The maximum Gasteiger partial charge on any atom is 0.289 e. The average Bonchev–Trinajstić information content (AvgIpc) is 2.54. The summed E-state index contributed by atoms with van der Waals surface area (Å²) in [7, 11) is 1.81. The van der Waals surface area contributed by atoms with Gasteiger partial charge < -0.3 is 9.32 Å². The zero-order valence-electron chi connectivity index (χ0n) is 9.96. The largest absolute Gasteiger partial charge is 0.456 e. The van der Waals surface area contributed by atoms with Crippen LogP contribution in [0.1, 0.15) is 41.6 Å². The van der Waals surface area contributed by atoms with E-state index >= 15 is 0 Å². The van der Waals surface area contributed by atoms with Crippen molar-refractivity contribution in [3.63, 3.8) is 0 Å². The van der Waals surface area contributed by atoms with Crippen LogP contribution in [-0.4, -0.2) is 24.4 Å². The molecule has 0 unspecified atom stereocenters. The van der Waals surface area contributed by atoms with Crippen LogP contribution in [0.2, 0.25) is 0 Å². The summed E-state index contributed by atoms with van der Waals surface area (Å²) in [4.78, 5) is 13.6. The monoisotopic (exact) mass is 209 g/mol. The zero-order chi connectivity index (χ0) is 11.4. The zero-order valence-corrected chi connectivity index (χ0v) is 9.96. The molecule has 84 valence electrons. The van der Waals surface area contributed by atoms with E-state index in [4.69, 9.17) is 4.42 Å². The number of hydrogen-bond donors (Lipinski definition) is 0. The van der Waals surface area contributed by atoms with Gasteiger partial charge >= 0.3 is 0 Å². The Bertz CT molecular complexity index is 322. The third-order valence-electron chi connectivity index (χ3n) is 2.57. The quantitative estimate of drug-likeness (QED) is 0.764. The van der Waals surface area contributed by atoms with Gasteiger partial charge in [-0.25, -0.2) is 0 Å². The SMILES string of the molecule is CCCCN(C)C(=O)c1cc(C)c(C)o1. The lowest BCUT2D eigenvalue weighted by molar-refractivity contribution is 0.0760. The van der Waals surface area contributed by atoms with E-state index in [1.165, 1.54) is 0 Å². The number of rotatable bonds is 4. The molecule has 15 heavy (non-hydrogen) atoms. The van der Waals surface area contributed by atoms with E-state index in [1.54, 1.807) is 11.0 Å². The van der Waals surface area contributed by atoms with Crippen molar-refractivity contribution in [2.75, 3.05) is 13.6 Å². The minimum Gasteiger partial charge on any atom is -0.456 e. The van der Waals surface area contributed by atoms with Crippen molar-refractivity contribution < 1.29 is 9.21 Å². The Hall–Kier alpha value is -1.25. The van der Waals surface area contributed by atoms with Gasteiger partial charge in [-0.15, -0.1) is 0 Å². The second-order valence-corrected chi connectivity index (χ2v) is 3.93. The molecule has 0 spiro atoms. The molecule has 0 aliphatic carbocycles. The normalized spacial score (nSPS) is 10.4. The van der Waals surface area contributed by atoms with Crippen molar-refractivity contribution in [2.24, 2.45) is 0 Å². The van der Waals surface area contributed by atoms with Gasteiger partial charge in [0.1, 0.15) is 5.76 Å². The van der Waals surface area contributed by atoms with Gasteiger partial charge in [0, 0.05) is 13.6 Å². The highest BCUT2D eigenvalue weighted by Crippen LogP contribution is 2.14. The number of amides is 1. The summed E-state index contributed by atoms with van der Waals surface area (Å²) in [5.41, 5.74) is 1.03. The van der Waals surface area contributed by atoms with E-state index in [0.717, 1.165) is 30.7 Å².